The molecule has 5 heteroatoms. The molecule has 21 heavy (non-hydrogen) atoms. The van der Waals surface area contributed by atoms with Gasteiger partial charge in [0.25, 0.3) is 0 Å². The molecule has 1 aromatic rings. The van der Waals surface area contributed by atoms with Gasteiger partial charge in [0.2, 0.25) is 5.91 Å². The van der Waals surface area contributed by atoms with Crippen LogP contribution in [0.15, 0.2) is 12.3 Å². The number of nitrogens with zero attached hydrogens (tertiary/aromatic N) is 3. The molecule has 1 atom stereocenters. The molecule has 1 amide bonds. The van der Waals surface area contributed by atoms with Gasteiger partial charge in [-0.3, -0.25) is 4.79 Å². The van der Waals surface area contributed by atoms with Gasteiger partial charge in [-0.15, -0.1) is 0 Å². The van der Waals surface area contributed by atoms with Gasteiger partial charge < -0.3 is 10.2 Å². The second-order valence-electron chi connectivity index (χ2n) is 6.62. The van der Waals surface area contributed by atoms with E-state index in [4.69, 9.17) is 4.98 Å². The Morgan fingerprint density at radius 3 is 2.86 bits per heavy atom. The molecule has 2 aliphatic carbocycles. The number of anilines is 1. The number of piperidine rings is 1. The molecular weight excluding hydrogens is 264 g/mol. The van der Waals surface area contributed by atoms with Crippen LogP contribution in [0.3, 0.4) is 0 Å². The number of rotatable bonds is 4. The normalized spacial score (nSPS) is 25.7. The van der Waals surface area contributed by atoms with E-state index in [-0.39, 0.29) is 11.8 Å². The van der Waals surface area contributed by atoms with Gasteiger partial charge >= 0.3 is 0 Å². The molecule has 0 aromatic carbocycles. The van der Waals surface area contributed by atoms with E-state index in [2.05, 4.69) is 15.2 Å². The number of carbonyl (C=O) groups excluding carboxylic acids is 1. The van der Waals surface area contributed by atoms with Crippen LogP contribution in [-0.2, 0) is 4.79 Å². The molecular formula is C16H22N4O. The van der Waals surface area contributed by atoms with Crippen molar-refractivity contribution in [3.05, 3.63) is 18.1 Å². The molecule has 0 radical (unpaired) electrons. The molecule has 0 bridgehead atoms. The van der Waals surface area contributed by atoms with Crippen LogP contribution < -0.4 is 10.2 Å². The minimum Gasteiger partial charge on any atom is -0.356 e. The third-order valence-electron chi connectivity index (χ3n) is 4.64. The van der Waals surface area contributed by atoms with Crippen molar-refractivity contribution in [2.45, 2.75) is 50.5 Å². The highest BCUT2D eigenvalue weighted by Crippen LogP contribution is 2.38. The molecule has 1 aliphatic heterocycles. The van der Waals surface area contributed by atoms with Gasteiger partial charge in [-0.25, -0.2) is 9.97 Å². The number of amides is 1. The predicted octanol–water partition coefficient (Wildman–Crippen LogP) is 1.85. The molecule has 2 heterocycles. The number of hydrogen-bond donors (Lipinski definition) is 1. The fourth-order valence-corrected chi connectivity index (χ4v) is 3.02. The maximum absolute atomic E-state index is 12.2. The number of hydrogen-bond acceptors (Lipinski definition) is 4. The van der Waals surface area contributed by atoms with E-state index in [1.807, 2.05) is 12.3 Å². The molecule has 3 aliphatic rings. The fourth-order valence-electron chi connectivity index (χ4n) is 3.02. The summed E-state index contributed by atoms with van der Waals surface area (Å²) >= 11 is 0. The number of carbonyl (C=O) groups is 1. The third kappa shape index (κ3) is 3.01. The smallest absolute Gasteiger partial charge is 0.225 e. The highest BCUT2D eigenvalue weighted by Gasteiger charge is 2.31. The van der Waals surface area contributed by atoms with Gasteiger partial charge in [-0.2, -0.15) is 0 Å². The second kappa shape index (κ2) is 5.28. The first-order valence-electron chi connectivity index (χ1n) is 8.18. The Hall–Kier alpha value is -1.65. The summed E-state index contributed by atoms with van der Waals surface area (Å²) in [5.74, 6) is 2.90. The number of aromatic nitrogens is 2. The lowest BCUT2D eigenvalue weighted by atomic mass is 9.97. The average molecular weight is 286 g/mol. The summed E-state index contributed by atoms with van der Waals surface area (Å²) in [6.45, 7) is 1.79. The summed E-state index contributed by atoms with van der Waals surface area (Å²) in [5, 5.41) is 3.14. The minimum absolute atomic E-state index is 0.110. The molecule has 1 N–H and O–H groups in total. The van der Waals surface area contributed by atoms with E-state index >= 15 is 0 Å². The van der Waals surface area contributed by atoms with Gasteiger partial charge in [0, 0.05) is 31.2 Å². The van der Waals surface area contributed by atoms with E-state index in [0.29, 0.717) is 12.0 Å². The van der Waals surface area contributed by atoms with Crippen molar-refractivity contribution >= 4 is 11.7 Å². The van der Waals surface area contributed by atoms with Crippen molar-refractivity contribution in [2.24, 2.45) is 5.92 Å². The minimum atomic E-state index is 0.110. The molecule has 5 nitrogen and oxygen atoms in total. The molecule has 3 fully saturated rings. The van der Waals surface area contributed by atoms with Crippen molar-refractivity contribution in [1.82, 2.24) is 15.3 Å². The topological polar surface area (TPSA) is 58.1 Å². The maximum atomic E-state index is 12.2. The van der Waals surface area contributed by atoms with Gasteiger partial charge in [0.05, 0.1) is 5.92 Å². The quantitative estimate of drug-likeness (QED) is 0.917. The zero-order chi connectivity index (χ0) is 14.2. The zero-order valence-corrected chi connectivity index (χ0v) is 12.3. The van der Waals surface area contributed by atoms with E-state index < -0.39 is 0 Å². The highest BCUT2D eigenvalue weighted by molar-refractivity contribution is 5.80. The SMILES string of the molecule is O=C(NC1CC1)C1CCCN(c2ccnc(C3CC3)n2)C1. The van der Waals surface area contributed by atoms with Crippen LogP contribution >= 0.6 is 0 Å². The van der Waals surface area contributed by atoms with Crippen LogP contribution in [0, 0.1) is 5.92 Å². The average Bonchev–Trinajstić information content (AvgIpc) is 3.40. The summed E-state index contributed by atoms with van der Waals surface area (Å²) in [6, 6.07) is 2.43. The van der Waals surface area contributed by atoms with Gasteiger partial charge in [0.15, 0.2) is 0 Å². The standard InChI is InChI=1S/C16H22N4O/c21-16(18-13-5-6-13)12-2-1-9-20(10-12)14-7-8-17-15(19-14)11-3-4-11/h7-8,11-13H,1-6,9-10H2,(H,18,21). The fraction of sp³-hybridized carbons (Fsp3) is 0.688. The molecule has 1 unspecified atom stereocenters. The maximum Gasteiger partial charge on any atom is 0.225 e. The zero-order valence-electron chi connectivity index (χ0n) is 12.3. The Labute approximate surface area is 125 Å². The molecule has 1 saturated heterocycles. The predicted molar refractivity (Wildman–Crippen MR) is 80.1 cm³/mol. The summed E-state index contributed by atoms with van der Waals surface area (Å²) in [7, 11) is 0. The van der Waals surface area contributed by atoms with E-state index in [0.717, 1.165) is 50.4 Å². The molecule has 112 valence electrons. The molecule has 0 spiro atoms. The Kier molecular flexibility index (Phi) is 3.28. The first kappa shape index (κ1) is 13.0. The van der Waals surface area contributed by atoms with Gasteiger partial charge in [-0.05, 0) is 44.6 Å². The highest BCUT2D eigenvalue weighted by atomic mass is 16.2. The Morgan fingerprint density at radius 2 is 2.10 bits per heavy atom. The van der Waals surface area contributed by atoms with Crippen LogP contribution in [0.5, 0.6) is 0 Å². The summed E-state index contributed by atoms with van der Waals surface area (Å²) in [5.41, 5.74) is 0. The van der Waals surface area contributed by atoms with Crippen LogP contribution in [0.2, 0.25) is 0 Å². The first-order chi connectivity index (χ1) is 10.3. The third-order valence-corrected chi connectivity index (χ3v) is 4.64. The summed E-state index contributed by atoms with van der Waals surface area (Å²) in [6.07, 6.45) is 8.66. The van der Waals surface area contributed by atoms with Crippen LogP contribution in [-0.4, -0.2) is 35.0 Å². The lowest BCUT2D eigenvalue weighted by molar-refractivity contribution is -0.125. The first-order valence-corrected chi connectivity index (χ1v) is 8.18. The largest absolute Gasteiger partial charge is 0.356 e. The molecule has 2 saturated carbocycles. The Morgan fingerprint density at radius 1 is 1.24 bits per heavy atom. The van der Waals surface area contributed by atoms with Crippen LogP contribution in [0.1, 0.15) is 50.3 Å². The lowest BCUT2D eigenvalue weighted by Crippen LogP contribution is -2.44. The van der Waals surface area contributed by atoms with Crippen LogP contribution in [0.25, 0.3) is 0 Å². The van der Waals surface area contributed by atoms with Crippen molar-refractivity contribution in [2.75, 3.05) is 18.0 Å². The van der Waals surface area contributed by atoms with E-state index in [9.17, 15) is 4.79 Å². The number of nitrogens with one attached hydrogen (secondary N) is 1. The van der Waals surface area contributed by atoms with E-state index in [1.165, 1.54) is 12.8 Å². The van der Waals surface area contributed by atoms with Crippen molar-refractivity contribution in [3.63, 3.8) is 0 Å². The molecule has 1 aromatic heterocycles. The summed E-state index contributed by atoms with van der Waals surface area (Å²) in [4.78, 5) is 23.6. The van der Waals surface area contributed by atoms with Gasteiger partial charge in [0.1, 0.15) is 11.6 Å². The summed E-state index contributed by atoms with van der Waals surface area (Å²) < 4.78 is 0. The van der Waals surface area contributed by atoms with Crippen LogP contribution in [0.4, 0.5) is 5.82 Å². The molecule has 4 rings (SSSR count). The Balaban J connectivity index is 1.44. The monoisotopic (exact) mass is 286 g/mol. The lowest BCUT2D eigenvalue weighted by Gasteiger charge is -2.33. The van der Waals surface area contributed by atoms with Gasteiger partial charge in [-0.1, -0.05) is 0 Å². The van der Waals surface area contributed by atoms with Crippen molar-refractivity contribution < 1.29 is 4.79 Å². The van der Waals surface area contributed by atoms with Crippen molar-refractivity contribution in [1.29, 1.82) is 0 Å². The second-order valence-corrected chi connectivity index (χ2v) is 6.62. The van der Waals surface area contributed by atoms with Crippen molar-refractivity contribution in [3.8, 4) is 0 Å². The Bertz CT molecular complexity index is 539. The van der Waals surface area contributed by atoms with E-state index in [1.54, 1.807) is 0 Å².